The Kier molecular flexibility index (Phi) is 42.8. The lowest BCUT2D eigenvalue weighted by Gasteiger charge is -2.13. The summed E-state index contributed by atoms with van der Waals surface area (Å²) in [6.45, 7) is 3.90. The molecule has 0 heterocycles. The fourth-order valence-electron chi connectivity index (χ4n) is 6.49. The standard InChI is InChI=1S/C48H86O13S/c1-3-5-7-9-11-13-15-17-19-21-23-25-27-29-31-33-45(49)58-39-35-56-37-41-60-47(51)43-44(62(53,54)55)48(52)61-42-38-57-36-40-59-46(50)34-32-30-28-26-24-22-20-18-16-14-12-10-8-6-4-2/h17-20,44H,3-16,21-43H2,1-2H3,(H,53,54,55)/b19-17+,20-18?. The van der Waals surface area contributed by atoms with E-state index in [0.29, 0.717) is 12.8 Å². The molecule has 13 nitrogen and oxygen atoms in total. The fourth-order valence-corrected chi connectivity index (χ4v) is 7.14. The van der Waals surface area contributed by atoms with Crippen LogP contribution in [0.2, 0.25) is 0 Å². The minimum absolute atomic E-state index is 0.0182. The van der Waals surface area contributed by atoms with Crippen LogP contribution in [0.5, 0.6) is 0 Å². The zero-order valence-corrected chi connectivity index (χ0v) is 39.6. The van der Waals surface area contributed by atoms with E-state index in [1.165, 1.54) is 89.9 Å². The fraction of sp³-hybridized carbons (Fsp3) is 0.833. The maximum atomic E-state index is 12.3. The van der Waals surface area contributed by atoms with Crippen LogP contribution in [0, 0.1) is 0 Å². The van der Waals surface area contributed by atoms with Gasteiger partial charge < -0.3 is 28.4 Å². The van der Waals surface area contributed by atoms with Crippen molar-refractivity contribution in [3.8, 4) is 0 Å². The number of allylic oxidation sites excluding steroid dienone is 4. The van der Waals surface area contributed by atoms with Crippen molar-refractivity contribution in [1.82, 2.24) is 0 Å². The van der Waals surface area contributed by atoms with Crippen LogP contribution in [0.25, 0.3) is 0 Å². The summed E-state index contributed by atoms with van der Waals surface area (Å²) in [6, 6.07) is 0. The van der Waals surface area contributed by atoms with Crippen LogP contribution in [0.4, 0.5) is 0 Å². The topological polar surface area (TPSA) is 178 Å². The van der Waals surface area contributed by atoms with E-state index in [2.05, 4.69) is 38.2 Å². The van der Waals surface area contributed by atoms with Crippen molar-refractivity contribution in [3.63, 3.8) is 0 Å². The molecule has 0 saturated heterocycles. The summed E-state index contributed by atoms with van der Waals surface area (Å²) in [5.41, 5.74) is 0. The molecule has 0 amide bonds. The second kappa shape index (κ2) is 44.8. The number of carbonyl (C=O) groups excluding carboxylic acids is 4. The molecule has 0 radical (unpaired) electrons. The molecule has 362 valence electrons. The first-order valence-corrected chi connectivity index (χ1v) is 25.7. The SMILES string of the molecule is CCCCCCCCC=CCCCCCCCC(=O)OCCOCCOC(=O)C(CC(=O)OCCOCCOC(=O)CCCCCCC/C=C/CCCCCCCC)S(=O)(=O)O. The van der Waals surface area contributed by atoms with Crippen LogP contribution >= 0.6 is 0 Å². The summed E-state index contributed by atoms with van der Waals surface area (Å²) >= 11 is 0. The summed E-state index contributed by atoms with van der Waals surface area (Å²) < 4.78 is 63.7. The third-order valence-electron chi connectivity index (χ3n) is 10.2. The minimum Gasteiger partial charge on any atom is -0.463 e. The van der Waals surface area contributed by atoms with Crippen LogP contribution in [-0.4, -0.2) is 95.0 Å². The third-order valence-corrected chi connectivity index (χ3v) is 11.3. The normalized spacial score (nSPS) is 12.2. The van der Waals surface area contributed by atoms with Gasteiger partial charge in [-0.25, -0.2) is 0 Å². The van der Waals surface area contributed by atoms with Gasteiger partial charge in [0.25, 0.3) is 10.1 Å². The first kappa shape index (κ1) is 59.2. The number of hydrogen-bond donors (Lipinski definition) is 1. The molecule has 14 heteroatoms. The van der Waals surface area contributed by atoms with E-state index in [0.717, 1.165) is 77.0 Å². The maximum Gasteiger partial charge on any atom is 0.327 e. The molecule has 0 aromatic heterocycles. The van der Waals surface area contributed by atoms with Crippen LogP contribution < -0.4 is 0 Å². The lowest BCUT2D eigenvalue weighted by molar-refractivity contribution is -0.152. The van der Waals surface area contributed by atoms with E-state index in [4.69, 9.17) is 28.4 Å². The molecule has 0 aliphatic carbocycles. The Labute approximate surface area is 375 Å². The van der Waals surface area contributed by atoms with Gasteiger partial charge in [-0.3, -0.25) is 23.7 Å². The number of esters is 4. The molecule has 0 fully saturated rings. The number of unbranched alkanes of at least 4 members (excludes halogenated alkanes) is 22. The van der Waals surface area contributed by atoms with Crippen molar-refractivity contribution in [1.29, 1.82) is 0 Å². The molecule has 0 spiro atoms. The van der Waals surface area contributed by atoms with Gasteiger partial charge in [-0.1, -0.05) is 141 Å². The molecule has 0 saturated carbocycles. The number of rotatable bonds is 46. The van der Waals surface area contributed by atoms with Gasteiger partial charge in [0.1, 0.15) is 26.4 Å². The maximum absolute atomic E-state index is 12.3. The van der Waals surface area contributed by atoms with Gasteiger partial charge in [-0.2, -0.15) is 8.42 Å². The Balaban J connectivity index is 3.80. The molecule has 1 N–H and O–H groups in total. The number of ether oxygens (including phenoxy) is 6. The smallest absolute Gasteiger partial charge is 0.327 e. The first-order valence-electron chi connectivity index (χ1n) is 24.2. The van der Waals surface area contributed by atoms with E-state index in [1.807, 2.05) is 0 Å². The Morgan fingerprint density at radius 2 is 0.726 bits per heavy atom. The molecule has 1 atom stereocenters. The lowest BCUT2D eigenvalue weighted by atomic mass is 10.1. The highest BCUT2D eigenvalue weighted by molar-refractivity contribution is 7.87. The summed E-state index contributed by atoms with van der Waals surface area (Å²) in [4.78, 5) is 48.4. The highest BCUT2D eigenvalue weighted by Gasteiger charge is 2.35. The summed E-state index contributed by atoms with van der Waals surface area (Å²) in [6.07, 6.45) is 39.6. The molecule has 0 aliphatic rings. The predicted octanol–water partition coefficient (Wildman–Crippen LogP) is 10.9. The summed E-state index contributed by atoms with van der Waals surface area (Å²) in [5, 5.41) is -2.17. The molecule has 0 aromatic rings. The van der Waals surface area contributed by atoms with Gasteiger partial charge in [-0.15, -0.1) is 0 Å². The Hall–Kier alpha value is -2.81. The van der Waals surface area contributed by atoms with E-state index < -0.39 is 33.7 Å². The van der Waals surface area contributed by atoms with Crippen molar-refractivity contribution in [2.45, 2.75) is 205 Å². The second-order valence-electron chi connectivity index (χ2n) is 15.9. The average Bonchev–Trinajstić information content (AvgIpc) is 3.24. The lowest BCUT2D eigenvalue weighted by Crippen LogP contribution is -2.35. The molecule has 0 aliphatic heterocycles. The molecule has 0 rings (SSSR count). The molecule has 62 heavy (non-hydrogen) atoms. The molecular weight excluding hydrogens is 817 g/mol. The highest BCUT2D eigenvalue weighted by Crippen LogP contribution is 2.13. The van der Waals surface area contributed by atoms with Gasteiger partial charge in [0, 0.05) is 12.8 Å². The largest absolute Gasteiger partial charge is 0.463 e. The van der Waals surface area contributed by atoms with Crippen LogP contribution in [0.15, 0.2) is 24.3 Å². The van der Waals surface area contributed by atoms with Crippen molar-refractivity contribution in [2.75, 3.05) is 52.9 Å². The highest BCUT2D eigenvalue weighted by atomic mass is 32.2. The van der Waals surface area contributed by atoms with Crippen LogP contribution in [-0.2, 0) is 57.7 Å². The number of carbonyl (C=O) groups is 4. The second-order valence-corrected chi connectivity index (χ2v) is 17.5. The molecule has 0 bridgehead atoms. The minimum atomic E-state index is -4.97. The van der Waals surface area contributed by atoms with E-state index in [9.17, 15) is 32.1 Å². The van der Waals surface area contributed by atoms with Crippen molar-refractivity contribution in [3.05, 3.63) is 24.3 Å². The van der Waals surface area contributed by atoms with Gasteiger partial charge in [-0.05, 0) is 64.2 Å². The van der Waals surface area contributed by atoms with Crippen LogP contribution in [0.1, 0.15) is 200 Å². The van der Waals surface area contributed by atoms with E-state index in [1.54, 1.807) is 0 Å². The van der Waals surface area contributed by atoms with Crippen LogP contribution in [0.3, 0.4) is 0 Å². The molecule has 0 aromatic carbocycles. The zero-order valence-electron chi connectivity index (χ0n) is 38.8. The van der Waals surface area contributed by atoms with E-state index in [-0.39, 0.29) is 64.8 Å². The first-order chi connectivity index (χ1) is 30.1. The average molecular weight is 903 g/mol. The summed E-state index contributed by atoms with van der Waals surface area (Å²) in [7, 11) is -4.97. The van der Waals surface area contributed by atoms with Gasteiger partial charge in [0.05, 0.1) is 32.8 Å². The van der Waals surface area contributed by atoms with E-state index >= 15 is 0 Å². The van der Waals surface area contributed by atoms with Gasteiger partial charge in [0.15, 0.2) is 5.25 Å². The van der Waals surface area contributed by atoms with Crippen molar-refractivity contribution in [2.24, 2.45) is 0 Å². The molecule has 1 unspecified atom stereocenters. The Morgan fingerprint density at radius 3 is 1.08 bits per heavy atom. The predicted molar refractivity (Wildman–Crippen MR) is 244 cm³/mol. The Morgan fingerprint density at radius 1 is 0.419 bits per heavy atom. The monoisotopic (exact) mass is 903 g/mol. The Bertz CT molecular complexity index is 1250. The summed E-state index contributed by atoms with van der Waals surface area (Å²) in [5.74, 6) is -3.00. The zero-order chi connectivity index (χ0) is 45.6. The quantitative estimate of drug-likeness (QED) is 0.0201. The number of hydrogen-bond acceptors (Lipinski definition) is 12. The third kappa shape index (κ3) is 42.5. The molecular formula is C48H86O13S. The van der Waals surface area contributed by atoms with Gasteiger partial charge >= 0.3 is 23.9 Å². The van der Waals surface area contributed by atoms with Crippen molar-refractivity contribution < 1.29 is 60.6 Å². The van der Waals surface area contributed by atoms with Crippen molar-refractivity contribution >= 4 is 34.0 Å². The van der Waals surface area contributed by atoms with Gasteiger partial charge in [0.2, 0.25) is 0 Å².